The minimum atomic E-state index is -0.246. The molecule has 162 valence electrons. The summed E-state index contributed by atoms with van der Waals surface area (Å²) in [6.07, 6.45) is 1.38. The van der Waals surface area contributed by atoms with Gasteiger partial charge in [0.05, 0.1) is 27.4 Å². The van der Waals surface area contributed by atoms with E-state index in [-0.39, 0.29) is 17.6 Å². The fraction of sp³-hybridized carbons (Fsp3) is 0.619. The van der Waals surface area contributed by atoms with Gasteiger partial charge in [-0.15, -0.1) is 0 Å². The molecule has 1 aromatic rings. The summed E-state index contributed by atoms with van der Waals surface area (Å²) >= 11 is 0. The second kappa shape index (κ2) is 10.2. The van der Waals surface area contributed by atoms with E-state index in [1.165, 1.54) is 0 Å². The number of piperidine rings is 1. The molecule has 0 atom stereocenters. The van der Waals surface area contributed by atoms with Crippen LogP contribution in [-0.4, -0.2) is 63.5 Å². The Kier molecular flexibility index (Phi) is 7.99. The maximum Gasteiger partial charge on any atom is 0.409 e. The summed E-state index contributed by atoms with van der Waals surface area (Å²) in [7, 11) is 3.25. The molecule has 1 saturated heterocycles. The van der Waals surface area contributed by atoms with Gasteiger partial charge in [-0.25, -0.2) is 4.79 Å². The van der Waals surface area contributed by atoms with Crippen molar-refractivity contribution in [2.45, 2.75) is 45.1 Å². The van der Waals surface area contributed by atoms with Crippen molar-refractivity contribution in [1.82, 2.24) is 10.2 Å². The zero-order valence-corrected chi connectivity index (χ0v) is 18.2. The molecule has 2 rings (SSSR count). The molecule has 0 bridgehead atoms. The van der Waals surface area contributed by atoms with E-state index in [0.717, 1.165) is 18.4 Å². The Morgan fingerprint density at radius 3 is 2.48 bits per heavy atom. The molecule has 0 aliphatic carbocycles. The monoisotopic (exact) mass is 406 g/mol. The van der Waals surface area contributed by atoms with Crippen LogP contribution in [-0.2, 0) is 10.2 Å². The smallest absolute Gasteiger partial charge is 0.409 e. The Morgan fingerprint density at radius 1 is 1.24 bits per heavy atom. The summed E-state index contributed by atoms with van der Waals surface area (Å²) < 4.78 is 15.8. The number of guanidine groups is 1. The number of carbonyl (C=O) groups excluding carboxylic acids is 1. The van der Waals surface area contributed by atoms with Gasteiger partial charge in [-0.05, 0) is 37.5 Å². The zero-order valence-electron chi connectivity index (χ0n) is 18.2. The molecule has 3 N–H and O–H groups in total. The summed E-state index contributed by atoms with van der Waals surface area (Å²) in [6, 6.07) is 6.10. The fourth-order valence-electron chi connectivity index (χ4n) is 3.31. The summed E-state index contributed by atoms with van der Waals surface area (Å²) in [6.45, 7) is 8.27. The van der Waals surface area contributed by atoms with Gasteiger partial charge in [0.15, 0.2) is 17.5 Å². The molecule has 1 fully saturated rings. The molecule has 1 aliphatic rings. The van der Waals surface area contributed by atoms with Crippen LogP contribution in [0.15, 0.2) is 23.2 Å². The first-order valence-electron chi connectivity index (χ1n) is 10.0. The van der Waals surface area contributed by atoms with Crippen LogP contribution in [0.2, 0.25) is 0 Å². The van der Waals surface area contributed by atoms with E-state index in [4.69, 9.17) is 19.9 Å². The van der Waals surface area contributed by atoms with E-state index >= 15 is 0 Å². The molecule has 1 heterocycles. The average molecular weight is 407 g/mol. The van der Waals surface area contributed by atoms with Crippen molar-refractivity contribution in [3.8, 4) is 11.5 Å². The number of likely N-dealkylation sites (tertiary alicyclic amines) is 1. The van der Waals surface area contributed by atoms with Crippen molar-refractivity contribution in [3.05, 3.63) is 23.8 Å². The molecule has 8 heteroatoms. The van der Waals surface area contributed by atoms with Crippen LogP contribution in [0.1, 0.15) is 39.2 Å². The van der Waals surface area contributed by atoms with E-state index in [2.05, 4.69) is 24.2 Å². The first-order chi connectivity index (χ1) is 13.8. The lowest BCUT2D eigenvalue weighted by molar-refractivity contribution is 0.0963. The summed E-state index contributed by atoms with van der Waals surface area (Å²) in [5.74, 6) is 1.82. The number of ether oxygens (including phenoxy) is 3. The molecule has 0 saturated carbocycles. The SMILES string of the molecule is CCOC(=O)N1CCC(NC(N)=NCC(C)(C)c2ccc(OC)c(OC)c2)CC1. The van der Waals surface area contributed by atoms with Crippen LogP contribution < -0.4 is 20.5 Å². The number of hydrogen-bond acceptors (Lipinski definition) is 5. The third kappa shape index (κ3) is 6.17. The van der Waals surface area contributed by atoms with E-state index in [1.807, 2.05) is 25.1 Å². The van der Waals surface area contributed by atoms with Crippen molar-refractivity contribution in [2.24, 2.45) is 10.7 Å². The zero-order chi connectivity index (χ0) is 21.4. The number of rotatable bonds is 7. The number of amides is 1. The highest BCUT2D eigenvalue weighted by atomic mass is 16.6. The van der Waals surface area contributed by atoms with Crippen molar-refractivity contribution < 1.29 is 19.0 Å². The van der Waals surface area contributed by atoms with E-state index in [0.29, 0.717) is 43.7 Å². The fourth-order valence-corrected chi connectivity index (χ4v) is 3.31. The third-order valence-electron chi connectivity index (χ3n) is 5.18. The van der Waals surface area contributed by atoms with Gasteiger partial charge in [0.2, 0.25) is 0 Å². The average Bonchev–Trinajstić information content (AvgIpc) is 2.72. The lowest BCUT2D eigenvalue weighted by Gasteiger charge is -2.32. The number of carbonyl (C=O) groups is 1. The molecule has 1 aromatic carbocycles. The second-order valence-corrected chi connectivity index (χ2v) is 7.76. The maximum absolute atomic E-state index is 11.8. The number of benzene rings is 1. The minimum absolute atomic E-state index is 0.202. The van der Waals surface area contributed by atoms with E-state index in [9.17, 15) is 4.79 Å². The third-order valence-corrected chi connectivity index (χ3v) is 5.18. The van der Waals surface area contributed by atoms with Crippen LogP contribution >= 0.6 is 0 Å². The summed E-state index contributed by atoms with van der Waals surface area (Å²) in [5, 5.41) is 3.28. The minimum Gasteiger partial charge on any atom is -0.493 e. The van der Waals surface area contributed by atoms with Gasteiger partial charge >= 0.3 is 6.09 Å². The molecule has 0 radical (unpaired) electrons. The van der Waals surface area contributed by atoms with Gasteiger partial charge in [0, 0.05) is 24.5 Å². The first kappa shape index (κ1) is 22.6. The van der Waals surface area contributed by atoms with Crippen LogP contribution in [0.3, 0.4) is 0 Å². The highest BCUT2D eigenvalue weighted by Gasteiger charge is 2.25. The van der Waals surface area contributed by atoms with Gasteiger partial charge < -0.3 is 30.2 Å². The van der Waals surface area contributed by atoms with E-state index < -0.39 is 0 Å². The van der Waals surface area contributed by atoms with Gasteiger partial charge in [-0.3, -0.25) is 4.99 Å². The molecule has 0 aromatic heterocycles. The standard InChI is InChI=1S/C21H34N4O4/c1-6-29-20(26)25-11-9-16(10-12-25)24-19(22)23-14-21(2,3)15-7-8-17(27-4)18(13-15)28-5/h7-8,13,16H,6,9-12,14H2,1-5H3,(H3,22,23,24). The lowest BCUT2D eigenvalue weighted by atomic mass is 9.84. The van der Waals surface area contributed by atoms with Gasteiger partial charge in [0.25, 0.3) is 0 Å². The van der Waals surface area contributed by atoms with Gasteiger partial charge in [0.1, 0.15) is 0 Å². The predicted octanol–water partition coefficient (Wildman–Crippen LogP) is 2.51. The molecular formula is C21H34N4O4. The number of methoxy groups -OCH3 is 2. The van der Waals surface area contributed by atoms with Crippen molar-refractivity contribution >= 4 is 12.1 Å². The van der Waals surface area contributed by atoms with Crippen LogP contribution in [0.25, 0.3) is 0 Å². The molecule has 0 spiro atoms. The maximum atomic E-state index is 11.8. The quantitative estimate of drug-likeness (QED) is 0.533. The normalized spacial score (nSPS) is 15.8. The Labute approximate surface area is 173 Å². The van der Waals surface area contributed by atoms with Gasteiger partial charge in [-0.2, -0.15) is 0 Å². The van der Waals surface area contributed by atoms with Crippen molar-refractivity contribution in [1.29, 1.82) is 0 Å². The summed E-state index contributed by atoms with van der Waals surface area (Å²) in [5.41, 5.74) is 6.99. The van der Waals surface area contributed by atoms with Gasteiger partial charge in [-0.1, -0.05) is 19.9 Å². The molecule has 1 amide bonds. The largest absolute Gasteiger partial charge is 0.493 e. The number of hydrogen-bond donors (Lipinski definition) is 2. The Bertz CT molecular complexity index is 713. The Morgan fingerprint density at radius 2 is 1.90 bits per heavy atom. The number of nitrogens with one attached hydrogen (secondary N) is 1. The lowest BCUT2D eigenvalue weighted by Crippen LogP contribution is -2.48. The van der Waals surface area contributed by atoms with Crippen LogP contribution in [0.5, 0.6) is 11.5 Å². The predicted molar refractivity (Wildman–Crippen MR) is 114 cm³/mol. The molecule has 29 heavy (non-hydrogen) atoms. The van der Waals surface area contributed by atoms with Crippen molar-refractivity contribution in [3.63, 3.8) is 0 Å². The van der Waals surface area contributed by atoms with E-state index in [1.54, 1.807) is 19.1 Å². The highest BCUT2D eigenvalue weighted by Crippen LogP contribution is 2.33. The van der Waals surface area contributed by atoms with Crippen molar-refractivity contribution in [2.75, 3.05) is 40.5 Å². The molecule has 8 nitrogen and oxygen atoms in total. The van der Waals surface area contributed by atoms with Crippen LogP contribution in [0, 0.1) is 0 Å². The second-order valence-electron chi connectivity index (χ2n) is 7.76. The number of aliphatic imine (C=N–C) groups is 1. The molecule has 1 aliphatic heterocycles. The topological polar surface area (TPSA) is 98.4 Å². The Balaban J connectivity index is 1.91. The molecule has 0 unspecified atom stereocenters. The molecular weight excluding hydrogens is 372 g/mol. The van der Waals surface area contributed by atoms with Crippen LogP contribution in [0.4, 0.5) is 4.79 Å². The summed E-state index contributed by atoms with van der Waals surface area (Å²) in [4.78, 5) is 18.1. The number of nitrogens with zero attached hydrogens (tertiary/aromatic N) is 2. The number of nitrogens with two attached hydrogens (primary N) is 1. The Hall–Kier alpha value is -2.64. The first-order valence-corrected chi connectivity index (χ1v) is 10.0. The highest BCUT2D eigenvalue weighted by molar-refractivity contribution is 5.78.